The number of urea groups is 1. The number of carbonyl (C=O) groups is 1. The Balaban J connectivity index is 1.77. The number of nitrogens with one attached hydrogen (secondary N) is 2. The molecule has 2 atom stereocenters. The Kier molecular flexibility index (Phi) is 6.54. The molecule has 2 rings (SSSR count). The molecule has 0 unspecified atom stereocenters. The van der Waals surface area contributed by atoms with Crippen molar-refractivity contribution in [2.45, 2.75) is 63.7 Å². The van der Waals surface area contributed by atoms with Crippen LogP contribution in [0.5, 0.6) is 0 Å². The molecule has 2 aliphatic rings. The maximum absolute atomic E-state index is 13.1. The molecule has 2 fully saturated rings. The van der Waals surface area contributed by atoms with Crippen molar-refractivity contribution in [3.8, 4) is 0 Å². The van der Waals surface area contributed by atoms with Crippen molar-refractivity contribution in [3.05, 3.63) is 12.2 Å². The summed E-state index contributed by atoms with van der Waals surface area (Å²) < 4.78 is 39.2. The Labute approximate surface area is 141 Å². The lowest BCUT2D eigenvalue weighted by Gasteiger charge is -2.35. The van der Waals surface area contributed by atoms with Gasteiger partial charge in [-0.05, 0) is 32.6 Å². The van der Waals surface area contributed by atoms with Crippen molar-refractivity contribution in [2.24, 2.45) is 5.92 Å². The van der Waals surface area contributed by atoms with Crippen LogP contribution in [0.1, 0.15) is 45.4 Å². The molecule has 0 radical (unpaired) electrons. The van der Waals surface area contributed by atoms with E-state index in [0.717, 1.165) is 44.5 Å². The summed E-state index contributed by atoms with van der Waals surface area (Å²) in [6, 6.07) is -1.24. The predicted octanol–water partition coefficient (Wildman–Crippen LogP) is 3.45. The minimum Gasteiger partial charge on any atom is -0.335 e. The summed E-state index contributed by atoms with van der Waals surface area (Å²) in [6.07, 6.45) is -0.807. The molecule has 1 saturated carbocycles. The number of amides is 2. The first-order chi connectivity index (χ1) is 11.3. The number of carbonyl (C=O) groups excluding carboxylic acids is 1. The SMILES string of the molecule is C=C(C)CN1CCC(NC(=O)N[C@H]2CCCC[C@@H]2C(F)(F)F)CC1. The lowest BCUT2D eigenvalue weighted by Crippen LogP contribution is -2.54. The van der Waals surface area contributed by atoms with Gasteiger partial charge in [-0.25, -0.2) is 4.79 Å². The first-order valence-electron chi connectivity index (χ1n) is 8.76. The molecular formula is C17H28F3N3O. The van der Waals surface area contributed by atoms with Gasteiger partial charge in [0.25, 0.3) is 0 Å². The van der Waals surface area contributed by atoms with Gasteiger partial charge in [-0.15, -0.1) is 0 Å². The molecule has 0 aromatic heterocycles. The molecule has 2 N–H and O–H groups in total. The van der Waals surface area contributed by atoms with E-state index >= 15 is 0 Å². The van der Waals surface area contributed by atoms with E-state index in [2.05, 4.69) is 22.1 Å². The number of alkyl halides is 3. The van der Waals surface area contributed by atoms with E-state index in [1.54, 1.807) is 0 Å². The maximum Gasteiger partial charge on any atom is 0.393 e. The molecule has 7 heteroatoms. The molecule has 2 amide bonds. The van der Waals surface area contributed by atoms with E-state index in [9.17, 15) is 18.0 Å². The Morgan fingerprint density at radius 1 is 1.12 bits per heavy atom. The number of hydrogen-bond donors (Lipinski definition) is 2. The molecule has 0 spiro atoms. The monoisotopic (exact) mass is 347 g/mol. The van der Waals surface area contributed by atoms with Crippen LogP contribution in [0.3, 0.4) is 0 Å². The molecule has 1 heterocycles. The van der Waals surface area contributed by atoms with E-state index in [4.69, 9.17) is 0 Å². The Morgan fingerprint density at radius 3 is 2.33 bits per heavy atom. The molecule has 0 bridgehead atoms. The van der Waals surface area contributed by atoms with Crippen LogP contribution in [0.15, 0.2) is 12.2 Å². The van der Waals surface area contributed by atoms with Crippen LogP contribution >= 0.6 is 0 Å². The average Bonchev–Trinajstić information content (AvgIpc) is 2.48. The maximum atomic E-state index is 13.1. The van der Waals surface area contributed by atoms with Gasteiger partial charge in [0, 0.05) is 31.7 Å². The lowest BCUT2D eigenvalue weighted by atomic mass is 9.84. The number of halogens is 3. The number of piperidine rings is 1. The van der Waals surface area contributed by atoms with Crippen molar-refractivity contribution in [3.63, 3.8) is 0 Å². The Morgan fingerprint density at radius 2 is 1.75 bits per heavy atom. The van der Waals surface area contributed by atoms with Crippen molar-refractivity contribution in [1.29, 1.82) is 0 Å². The average molecular weight is 347 g/mol. The molecule has 4 nitrogen and oxygen atoms in total. The summed E-state index contributed by atoms with van der Waals surface area (Å²) in [6.45, 7) is 8.47. The van der Waals surface area contributed by atoms with E-state index in [-0.39, 0.29) is 12.5 Å². The van der Waals surface area contributed by atoms with Crippen molar-refractivity contribution in [1.82, 2.24) is 15.5 Å². The van der Waals surface area contributed by atoms with Gasteiger partial charge in [-0.2, -0.15) is 13.2 Å². The van der Waals surface area contributed by atoms with Crippen LogP contribution in [-0.4, -0.2) is 48.8 Å². The third kappa shape index (κ3) is 5.69. The van der Waals surface area contributed by atoms with Crippen LogP contribution in [-0.2, 0) is 0 Å². The van der Waals surface area contributed by atoms with Gasteiger partial charge in [0.1, 0.15) is 0 Å². The first-order valence-corrected chi connectivity index (χ1v) is 8.76. The van der Waals surface area contributed by atoms with Crippen LogP contribution < -0.4 is 10.6 Å². The van der Waals surface area contributed by atoms with Crippen molar-refractivity contribution < 1.29 is 18.0 Å². The summed E-state index contributed by atoms with van der Waals surface area (Å²) in [5.74, 6) is -1.42. The van der Waals surface area contributed by atoms with E-state index < -0.39 is 24.2 Å². The quantitative estimate of drug-likeness (QED) is 0.765. The van der Waals surface area contributed by atoms with Gasteiger partial charge < -0.3 is 10.6 Å². The molecule has 1 aliphatic heterocycles. The smallest absolute Gasteiger partial charge is 0.335 e. The largest absolute Gasteiger partial charge is 0.393 e. The zero-order valence-electron chi connectivity index (χ0n) is 14.3. The van der Waals surface area contributed by atoms with Gasteiger partial charge in [0.2, 0.25) is 0 Å². The number of likely N-dealkylation sites (tertiary alicyclic amines) is 1. The molecule has 0 aromatic carbocycles. The van der Waals surface area contributed by atoms with Crippen LogP contribution in [0.4, 0.5) is 18.0 Å². The zero-order valence-corrected chi connectivity index (χ0v) is 14.3. The first kappa shape index (κ1) is 19.1. The third-order valence-electron chi connectivity index (χ3n) is 4.92. The van der Waals surface area contributed by atoms with Gasteiger partial charge in [-0.3, -0.25) is 4.90 Å². The lowest BCUT2D eigenvalue weighted by molar-refractivity contribution is -0.187. The van der Waals surface area contributed by atoms with Gasteiger partial charge in [-0.1, -0.05) is 25.0 Å². The number of rotatable bonds is 4. The molecule has 1 saturated heterocycles. The Bertz CT molecular complexity index is 445. The second kappa shape index (κ2) is 8.23. The fraction of sp³-hybridized carbons (Fsp3) is 0.824. The van der Waals surface area contributed by atoms with Gasteiger partial charge >= 0.3 is 12.2 Å². The van der Waals surface area contributed by atoms with Gasteiger partial charge in [0.15, 0.2) is 0 Å². The predicted molar refractivity (Wildman–Crippen MR) is 87.7 cm³/mol. The highest BCUT2D eigenvalue weighted by Gasteiger charge is 2.46. The van der Waals surface area contributed by atoms with E-state index in [0.29, 0.717) is 12.8 Å². The van der Waals surface area contributed by atoms with E-state index in [1.165, 1.54) is 0 Å². The van der Waals surface area contributed by atoms with Crippen LogP contribution in [0, 0.1) is 5.92 Å². The van der Waals surface area contributed by atoms with Crippen molar-refractivity contribution in [2.75, 3.05) is 19.6 Å². The Hall–Kier alpha value is -1.24. The van der Waals surface area contributed by atoms with E-state index in [1.807, 2.05) is 6.92 Å². The van der Waals surface area contributed by atoms with Crippen LogP contribution in [0.2, 0.25) is 0 Å². The highest BCUT2D eigenvalue weighted by molar-refractivity contribution is 5.74. The molecular weight excluding hydrogens is 319 g/mol. The topological polar surface area (TPSA) is 44.4 Å². The minimum absolute atomic E-state index is 0.0271. The fourth-order valence-corrected chi connectivity index (χ4v) is 3.71. The minimum atomic E-state index is -4.24. The van der Waals surface area contributed by atoms with Crippen LogP contribution in [0.25, 0.3) is 0 Å². The highest BCUT2D eigenvalue weighted by Crippen LogP contribution is 2.37. The fourth-order valence-electron chi connectivity index (χ4n) is 3.71. The second-order valence-electron chi connectivity index (χ2n) is 7.16. The normalized spacial score (nSPS) is 26.8. The van der Waals surface area contributed by atoms with Crippen molar-refractivity contribution >= 4 is 6.03 Å². The van der Waals surface area contributed by atoms with Gasteiger partial charge in [0.05, 0.1) is 5.92 Å². The second-order valence-corrected chi connectivity index (χ2v) is 7.16. The number of nitrogens with zero attached hydrogens (tertiary/aromatic N) is 1. The summed E-state index contributed by atoms with van der Waals surface area (Å²) in [4.78, 5) is 14.4. The standard InChI is InChI=1S/C17H28F3N3O/c1-12(2)11-23-9-7-13(8-10-23)21-16(24)22-15-6-4-3-5-14(15)17(18,19)20/h13-15H,1,3-11H2,2H3,(H2,21,22,24)/t14-,15-/m0/s1. The number of hydrogen-bond acceptors (Lipinski definition) is 2. The third-order valence-corrected chi connectivity index (χ3v) is 4.92. The molecule has 0 aromatic rings. The zero-order chi connectivity index (χ0) is 17.7. The summed E-state index contributed by atoms with van der Waals surface area (Å²) >= 11 is 0. The highest BCUT2D eigenvalue weighted by atomic mass is 19.4. The summed E-state index contributed by atoms with van der Waals surface area (Å²) in [5.41, 5.74) is 1.11. The summed E-state index contributed by atoms with van der Waals surface area (Å²) in [7, 11) is 0. The molecule has 24 heavy (non-hydrogen) atoms. The summed E-state index contributed by atoms with van der Waals surface area (Å²) in [5, 5.41) is 5.41. The molecule has 138 valence electrons. The molecule has 1 aliphatic carbocycles.